The maximum Gasteiger partial charge on any atom is 0.262 e. The standard InChI is InChI=1S/C32H38ClN2O3.2C26H27ClNO2.3C2H6.3CH4O.3CHO.CH4.3CH3.Re.2Tc/c1-22-13-18-30-29(20-22)28(23(2)35(30)32(38)25-14-16-26(33)17-15-25)21-27(36)12-6-4-3-5-9-19-34-31(37)24-10-7-8-11-24;2*1-17-10-15-24-23(16-17)22(8-5-9-25(29)19-6-3-4-7-19)18(2)28(24)26(30)20-11-13-21(27)14-12-20;9*1-2;;;;;;;/h10,13-18,20,24H,3-9,11-12,19,21H2,1-2H3,(H,34,37);2*6,10-16,19H,3-5,7-9H2,1-2H3;3*1-2H3;3*2H,1H3;3*1H;1H4;3*1H3;;;/q3*-1;;;;;;;3*-1;;3*-1;;;. The van der Waals surface area contributed by atoms with Crippen LogP contribution in [0.4, 0.5) is 0 Å². The number of nitrogens with zero attached hydrogens (tertiary/aromatic N) is 3. The number of Topliss-reactive ketones (excluding diaryl/α,β-unsaturated/α-hetero) is 3. The summed E-state index contributed by atoms with van der Waals surface area (Å²) in [5.41, 5.74) is 13.9. The van der Waals surface area contributed by atoms with E-state index in [1.807, 2.05) is 106 Å². The number of rotatable bonds is 24. The fraction of sp³-hybridized carbons (Fsp3) is 0.420. The van der Waals surface area contributed by atoms with E-state index >= 15 is 0 Å². The Morgan fingerprint density at radius 2 is 0.675 bits per heavy atom. The smallest absolute Gasteiger partial charge is 0.262 e. The van der Waals surface area contributed by atoms with Crippen LogP contribution in [-0.4, -0.2) is 118 Å². The number of benzene rings is 6. The third-order valence-corrected chi connectivity index (χ3v) is 20.8. The minimum atomic E-state index is -0.121. The van der Waals surface area contributed by atoms with E-state index in [-0.39, 0.29) is 138 Å². The summed E-state index contributed by atoms with van der Waals surface area (Å²) in [6, 6.07) is 39.4. The second kappa shape index (κ2) is 73.2. The van der Waals surface area contributed by atoms with Crippen LogP contribution in [0.1, 0.15) is 253 Å². The SMILES string of the molecule is C.CC.CC.CC.CO.CO.CO.Cc1ccc2c(c1)c(CC(=O)CCCCCCCNC(=O)C1[CH-]CCC1)c(C)n2C(=O)c1ccc(Cl)cc1.Cc1ccc2c(c1)c(CCCC(=O)C1[CH-]CCC1)c(C)n2C(=O)c1ccc(Cl)cc1.Cc1ccc2c(c1)c(CCCC(=O)C1[CH-]CCC1)c(C)n2C(=O)c1ccc(Cl)cc1.[CH-]=O.[CH-]=O.[CH-]=O.[CH3-].[CH3-].[CH3-].[Re].[Tc].[Tc]. The van der Waals surface area contributed by atoms with E-state index < -0.39 is 0 Å². The number of fused-ring (bicyclic) bond motifs is 3. The van der Waals surface area contributed by atoms with Crippen molar-refractivity contribution in [2.45, 2.75) is 232 Å². The summed E-state index contributed by atoms with van der Waals surface area (Å²) in [5.74, 6) is 1.29. The molecule has 1 amide bonds. The van der Waals surface area contributed by atoms with Crippen molar-refractivity contribution < 1.29 is 124 Å². The first-order chi connectivity index (χ1) is 56.3. The zero-order chi connectivity index (χ0) is 87.6. The number of hydrogen-bond acceptors (Lipinski definition) is 13. The Bertz CT molecular complexity index is 4270. The predicted octanol–water partition coefficient (Wildman–Crippen LogP) is 23.2. The molecule has 0 saturated heterocycles. The molecule has 3 heterocycles. The zero-order valence-corrected chi connectivity index (χ0v) is 83.8. The molecule has 3 fully saturated rings. The Balaban J connectivity index is -0.000000294. The number of aromatic nitrogens is 3. The molecule has 17 nitrogen and oxygen atoms in total. The topological polar surface area (TPSA) is 258 Å². The van der Waals surface area contributed by atoms with Crippen molar-refractivity contribution in [2.24, 2.45) is 17.8 Å². The fourth-order valence-corrected chi connectivity index (χ4v) is 15.0. The summed E-state index contributed by atoms with van der Waals surface area (Å²) >= 11 is 18.0. The van der Waals surface area contributed by atoms with Crippen LogP contribution in [0.25, 0.3) is 32.7 Å². The molecule has 0 bridgehead atoms. The monoisotopic (exact) mass is 2090 g/mol. The van der Waals surface area contributed by atoms with Crippen LogP contribution < -0.4 is 5.32 Å². The van der Waals surface area contributed by atoms with Gasteiger partial charge in [-0.2, -0.15) is 19.3 Å². The van der Waals surface area contributed by atoms with E-state index in [0.29, 0.717) is 69.0 Å². The van der Waals surface area contributed by atoms with E-state index in [9.17, 15) is 33.6 Å². The molecule has 3 aliphatic carbocycles. The molecule has 3 unspecified atom stereocenters. The van der Waals surface area contributed by atoms with E-state index in [0.717, 1.165) is 215 Å². The molecule has 3 atom stereocenters. The number of carbonyl (C=O) groups is 7. The third kappa shape index (κ3) is 39.1. The van der Waals surface area contributed by atoms with Gasteiger partial charge < -0.3 is 86.2 Å². The van der Waals surface area contributed by atoms with Crippen molar-refractivity contribution in [3.63, 3.8) is 0 Å². The minimum absolute atomic E-state index is 0. The van der Waals surface area contributed by atoms with Crippen molar-refractivity contribution in [1.82, 2.24) is 19.0 Å². The van der Waals surface area contributed by atoms with Crippen molar-refractivity contribution in [1.29, 1.82) is 0 Å². The molecule has 3 aromatic heterocycles. The number of unbranched alkanes of at least 4 members (excludes halogenated alkanes) is 4. The number of amides is 1. The second-order valence-corrected chi connectivity index (χ2v) is 28.5. The van der Waals surface area contributed by atoms with Gasteiger partial charge in [-0.15, -0.1) is 11.8 Å². The van der Waals surface area contributed by atoms with Crippen LogP contribution in [0.3, 0.4) is 0 Å². The Hall–Kier alpha value is -6.85. The van der Waals surface area contributed by atoms with Gasteiger partial charge in [0.25, 0.3) is 17.7 Å². The number of aliphatic hydroxyl groups excluding tert-OH is 3. The molecule has 3 aliphatic rings. The Kier molecular flexibility index (Phi) is 77.0. The number of aryl methyl sites for hydroxylation is 5. The van der Waals surface area contributed by atoms with Crippen LogP contribution >= 0.6 is 34.8 Å². The Labute approximate surface area is 793 Å². The molecular weight excluding hydrogens is 1950 g/mol. The maximum absolute atomic E-state index is 13.4. The first kappa shape index (κ1) is 129. The van der Waals surface area contributed by atoms with Gasteiger partial charge in [0.2, 0.25) is 0 Å². The van der Waals surface area contributed by atoms with Crippen LogP contribution in [-0.2, 0) is 113 Å². The molecule has 6 aromatic carbocycles. The van der Waals surface area contributed by atoms with Gasteiger partial charge in [0.15, 0.2) is 5.91 Å². The number of halogens is 3. The third-order valence-electron chi connectivity index (χ3n) is 20.0. The molecule has 687 valence electrons. The van der Waals surface area contributed by atoms with Crippen LogP contribution in [0, 0.1) is 101 Å². The molecule has 4 N–H and O–H groups in total. The summed E-state index contributed by atoms with van der Waals surface area (Å²) in [5, 5.41) is 29.0. The molecule has 0 spiro atoms. The van der Waals surface area contributed by atoms with Crippen molar-refractivity contribution >= 4 is 129 Å². The van der Waals surface area contributed by atoms with Crippen LogP contribution in [0.15, 0.2) is 127 Å². The molecule has 3 radical (unpaired) electrons. The summed E-state index contributed by atoms with van der Waals surface area (Å²) in [7, 11) is 3.00. The van der Waals surface area contributed by atoms with Crippen molar-refractivity contribution in [3.8, 4) is 0 Å². The molecule has 12 rings (SSSR count). The maximum atomic E-state index is 13.4. The largest absolute Gasteiger partial charge is 0.545 e. The summed E-state index contributed by atoms with van der Waals surface area (Å²) in [6.07, 6.45) is 26.3. The molecule has 123 heavy (non-hydrogen) atoms. The quantitative estimate of drug-likeness (QED) is 0.0250. The van der Waals surface area contributed by atoms with Gasteiger partial charge in [-0.05, 0) is 206 Å². The predicted molar refractivity (Wildman–Crippen MR) is 503 cm³/mol. The molecule has 9 aromatic rings. The van der Waals surface area contributed by atoms with Gasteiger partial charge in [0, 0.05) is 179 Å². The molecule has 23 heteroatoms. The minimum Gasteiger partial charge on any atom is -0.545 e. The normalized spacial score (nSPS) is 13.0. The van der Waals surface area contributed by atoms with Gasteiger partial charge in [-0.3, -0.25) is 58.0 Å². The van der Waals surface area contributed by atoms with Gasteiger partial charge in [-0.25, -0.2) is 0 Å². The first-order valence-corrected chi connectivity index (χ1v) is 41.5. The first-order valence-electron chi connectivity index (χ1n) is 40.4. The Morgan fingerprint density at radius 3 is 0.976 bits per heavy atom. The Morgan fingerprint density at radius 1 is 0.398 bits per heavy atom. The average Bonchev–Trinajstić information content (AvgIpc) is 1.62. The van der Waals surface area contributed by atoms with E-state index in [4.69, 9.17) is 64.5 Å². The average molecular weight is 2090 g/mol. The molecular formula is C100H138Cl3N4O13ReTc2-9. The molecule has 0 aliphatic heterocycles. The summed E-state index contributed by atoms with van der Waals surface area (Å²) < 4.78 is 5.34. The number of aliphatic hydroxyl groups is 3. The number of hydrogen-bond donors (Lipinski definition) is 4. The number of nitrogens with one attached hydrogen (secondary N) is 1. The van der Waals surface area contributed by atoms with E-state index in [1.54, 1.807) is 86.5 Å². The van der Waals surface area contributed by atoms with E-state index in [2.05, 4.69) is 77.0 Å². The zero-order valence-electron chi connectivity index (χ0n) is 75.1. The van der Waals surface area contributed by atoms with Gasteiger partial charge in [-0.1, -0.05) is 182 Å². The van der Waals surface area contributed by atoms with Crippen molar-refractivity contribution in [3.05, 3.63) is 251 Å². The van der Waals surface area contributed by atoms with Crippen LogP contribution in [0.2, 0.25) is 15.1 Å². The summed E-state index contributed by atoms with van der Waals surface area (Å²) in [6.45, 7) is 34.6. The van der Waals surface area contributed by atoms with Crippen molar-refractivity contribution in [2.75, 3.05) is 27.9 Å². The van der Waals surface area contributed by atoms with E-state index in [1.165, 1.54) is 11.1 Å². The molecule has 3 saturated carbocycles. The summed E-state index contributed by atoms with van der Waals surface area (Å²) in [4.78, 5) is 113. The number of carbonyl (C=O) groups excluding carboxylic acids is 10. The van der Waals surface area contributed by atoms with Crippen LogP contribution in [0.5, 0.6) is 0 Å². The van der Waals surface area contributed by atoms with Gasteiger partial charge in [0.1, 0.15) is 17.3 Å². The fourth-order valence-electron chi connectivity index (χ4n) is 14.6. The second-order valence-electron chi connectivity index (χ2n) is 27.2. The number of ketones is 3. The van der Waals surface area contributed by atoms with Gasteiger partial charge >= 0.3 is 0 Å². The van der Waals surface area contributed by atoms with Gasteiger partial charge in [0.05, 0.1) is 16.6 Å².